The van der Waals surface area contributed by atoms with Crippen LogP contribution in [0.2, 0.25) is 0 Å². The van der Waals surface area contributed by atoms with Crippen LogP contribution in [0.1, 0.15) is 30.4 Å². The summed E-state index contributed by atoms with van der Waals surface area (Å²) >= 11 is 0. The molecule has 0 bridgehead atoms. The quantitative estimate of drug-likeness (QED) is 0.350. The summed E-state index contributed by atoms with van der Waals surface area (Å²) in [4.78, 5) is 13.5. The highest BCUT2D eigenvalue weighted by molar-refractivity contribution is 7.88. The van der Waals surface area contributed by atoms with Crippen LogP contribution in [0.15, 0.2) is 78.9 Å². The molecule has 3 aromatic carbocycles. The SMILES string of the molecule is COCC(=O)[C@@]1(Cc2cccc(-c3ccccc3)c2)CC[C@H](N(Cc2ccc(OC)cc2)S(C)(=O)=O)C1. The van der Waals surface area contributed by atoms with Gasteiger partial charge in [-0.1, -0.05) is 66.7 Å². The molecule has 0 aliphatic heterocycles. The molecule has 1 aliphatic rings. The molecule has 2 atom stereocenters. The summed E-state index contributed by atoms with van der Waals surface area (Å²) < 4.78 is 37.8. The van der Waals surface area contributed by atoms with E-state index in [9.17, 15) is 13.2 Å². The predicted octanol–water partition coefficient (Wildman–Crippen LogP) is 5.12. The van der Waals surface area contributed by atoms with E-state index in [4.69, 9.17) is 9.47 Å². The van der Waals surface area contributed by atoms with Crippen LogP contribution in [-0.4, -0.2) is 51.6 Å². The molecule has 0 saturated heterocycles. The molecule has 1 saturated carbocycles. The molecule has 4 rings (SSSR count). The second kappa shape index (κ2) is 11.6. The fourth-order valence-electron chi connectivity index (χ4n) is 5.45. The van der Waals surface area contributed by atoms with Crippen molar-refractivity contribution in [3.05, 3.63) is 90.0 Å². The summed E-state index contributed by atoms with van der Waals surface area (Å²) in [5, 5.41) is 0. The van der Waals surface area contributed by atoms with Gasteiger partial charge in [-0.15, -0.1) is 0 Å². The third-order valence-corrected chi connectivity index (χ3v) is 8.64. The number of benzene rings is 3. The van der Waals surface area contributed by atoms with Crippen LogP contribution >= 0.6 is 0 Å². The van der Waals surface area contributed by atoms with Gasteiger partial charge in [0, 0.05) is 25.1 Å². The highest BCUT2D eigenvalue weighted by Gasteiger charge is 2.47. The molecule has 0 spiro atoms. The first kappa shape index (κ1) is 27.0. The summed E-state index contributed by atoms with van der Waals surface area (Å²) in [5.74, 6) is 0.748. The van der Waals surface area contributed by atoms with Gasteiger partial charge in [0.15, 0.2) is 5.78 Å². The van der Waals surface area contributed by atoms with Gasteiger partial charge in [-0.05, 0) is 60.1 Å². The lowest BCUT2D eigenvalue weighted by Crippen LogP contribution is -2.40. The zero-order valence-electron chi connectivity index (χ0n) is 21.7. The maximum absolute atomic E-state index is 13.5. The third kappa shape index (κ3) is 6.47. The van der Waals surface area contributed by atoms with E-state index in [0.29, 0.717) is 25.7 Å². The first-order chi connectivity index (χ1) is 17.7. The Bertz CT molecular complexity index is 1310. The van der Waals surface area contributed by atoms with Gasteiger partial charge in [0.05, 0.1) is 13.4 Å². The van der Waals surface area contributed by atoms with Gasteiger partial charge in [-0.3, -0.25) is 4.79 Å². The zero-order chi connectivity index (χ0) is 26.5. The Labute approximate surface area is 220 Å². The second-order valence-electron chi connectivity index (χ2n) is 9.93. The standard InChI is InChI=1S/C30H35NO5S/c1-35-22-29(32)30(19-24-8-7-11-26(18-24)25-9-5-4-6-10-25)17-16-27(20-30)31(37(3,33)34)21-23-12-14-28(36-2)15-13-23/h4-15,18,27H,16-17,19-22H2,1-3H3/t27-,30+/m0/s1. The highest BCUT2D eigenvalue weighted by atomic mass is 32.2. The topological polar surface area (TPSA) is 72.9 Å². The van der Waals surface area contributed by atoms with Crippen molar-refractivity contribution in [2.75, 3.05) is 27.1 Å². The van der Waals surface area contributed by atoms with Crippen LogP contribution in [-0.2, 0) is 32.5 Å². The molecule has 7 heteroatoms. The minimum absolute atomic E-state index is 0.0163. The summed E-state index contributed by atoms with van der Waals surface area (Å²) in [6.45, 7) is 0.272. The molecule has 0 amide bonds. The van der Waals surface area contributed by atoms with Crippen molar-refractivity contribution in [3.63, 3.8) is 0 Å². The fourth-order valence-corrected chi connectivity index (χ4v) is 6.56. The molecule has 1 aliphatic carbocycles. The normalized spacial score (nSPS) is 19.7. The van der Waals surface area contributed by atoms with Crippen molar-refractivity contribution >= 4 is 15.8 Å². The highest BCUT2D eigenvalue weighted by Crippen LogP contribution is 2.45. The zero-order valence-corrected chi connectivity index (χ0v) is 22.5. The van der Waals surface area contributed by atoms with Crippen molar-refractivity contribution in [2.45, 2.75) is 38.3 Å². The number of hydrogen-bond donors (Lipinski definition) is 0. The lowest BCUT2D eigenvalue weighted by atomic mass is 9.76. The van der Waals surface area contributed by atoms with Crippen molar-refractivity contribution in [1.29, 1.82) is 0 Å². The van der Waals surface area contributed by atoms with Gasteiger partial charge in [0.2, 0.25) is 10.0 Å². The molecular formula is C30H35NO5S. The Balaban J connectivity index is 1.61. The van der Waals surface area contributed by atoms with E-state index in [2.05, 4.69) is 24.3 Å². The van der Waals surface area contributed by atoms with E-state index >= 15 is 0 Å². The first-order valence-corrected chi connectivity index (χ1v) is 14.4. The Morgan fingerprint density at radius 1 is 0.946 bits per heavy atom. The van der Waals surface area contributed by atoms with Crippen LogP contribution in [0.4, 0.5) is 0 Å². The largest absolute Gasteiger partial charge is 0.497 e. The molecule has 0 unspecified atom stereocenters. The fraction of sp³-hybridized carbons (Fsp3) is 0.367. The van der Waals surface area contributed by atoms with E-state index in [0.717, 1.165) is 28.0 Å². The molecule has 0 N–H and O–H groups in total. The van der Waals surface area contributed by atoms with Crippen molar-refractivity contribution in [3.8, 4) is 16.9 Å². The molecule has 196 valence electrons. The Kier molecular flexibility index (Phi) is 8.47. The predicted molar refractivity (Wildman–Crippen MR) is 146 cm³/mol. The molecule has 0 radical (unpaired) electrons. The molecule has 3 aromatic rings. The van der Waals surface area contributed by atoms with Crippen LogP contribution in [0, 0.1) is 5.41 Å². The lowest BCUT2D eigenvalue weighted by molar-refractivity contribution is -0.132. The number of nitrogens with zero attached hydrogens (tertiary/aromatic N) is 1. The number of ether oxygens (including phenoxy) is 2. The van der Waals surface area contributed by atoms with Crippen LogP contribution < -0.4 is 4.74 Å². The molecule has 6 nitrogen and oxygen atoms in total. The summed E-state index contributed by atoms with van der Waals surface area (Å²) in [6, 6.07) is 25.6. The van der Waals surface area contributed by atoms with Gasteiger partial charge in [0.25, 0.3) is 0 Å². The smallest absolute Gasteiger partial charge is 0.211 e. The summed E-state index contributed by atoms with van der Waals surface area (Å²) in [6.07, 6.45) is 3.50. The first-order valence-electron chi connectivity index (χ1n) is 12.5. The molecule has 0 heterocycles. The number of carbonyl (C=O) groups is 1. The Morgan fingerprint density at radius 2 is 1.65 bits per heavy atom. The molecular weight excluding hydrogens is 486 g/mol. The van der Waals surface area contributed by atoms with Crippen LogP contribution in [0.25, 0.3) is 11.1 Å². The molecule has 37 heavy (non-hydrogen) atoms. The van der Waals surface area contributed by atoms with E-state index in [1.165, 1.54) is 13.4 Å². The van der Waals surface area contributed by atoms with E-state index in [1.807, 2.05) is 54.6 Å². The maximum Gasteiger partial charge on any atom is 0.211 e. The number of carbonyl (C=O) groups excluding carboxylic acids is 1. The van der Waals surface area contributed by atoms with Gasteiger partial charge in [-0.25, -0.2) is 8.42 Å². The van der Waals surface area contributed by atoms with E-state index < -0.39 is 15.4 Å². The Morgan fingerprint density at radius 3 is 2.30 bits per heavy atom. The van der Waals surface area contributed by atoms with Gasteiger partial charge >= 0.3 is 0 Å². The average Bonchev–Trinajstić information content (AvgIpc) is 3.32. The van der Waals surface area contributed by atoms with E-state index in [1.54, 1.807) is 11.4 Å². The minimum Gasteiger partial charge on any atom is -0.497 e. The number of methoxy groups -OCH3 is 2. The number of ketones is 1. The van der Waals surface area contributed by atoms with Gasteiger partial charge < -0.3 is 9.47 Å². The number of Topliss-reactive ketones (excluding diaryl/α,β-unsaturated/α-hetero) is 1. The molecule has 1 fully saturated rings. The maximum atomic E-state index is 13.5. The average molecular weight is 522 g/mol. The number of rotatable bonds is 11. The summed E-state index contributed by atoms with van der Waals surface area (Å²) in [7, 11) is -0.378. The third-order valence-electron chi connectivity index (χ3n) is 7.36. The Hall–Kier alpha value is -3.00. The number of sulfonamides is 1. The van der Waals surface area contributed by atoms with Crippen LogP contribution in [0.5, 0.6) is 5.75 Å². The van der Waals surface area contributed by atoms with E-state index in [-0.39, 0.29) is 25.0 Å². The van der Waals surface area contributed by atoms with Crippen molar-refractivity contribution < 1.29 is 22.7 Å². The van der Waals surface area contributed by atoms with Crippen LogP contribution in [0.3, 0.4) is 0 Å². The monoisotopic (exact) mass is 521 g/mol. The van der Waals surface area contributed by atoms with Crippen molar-refractivity contribution in [2.24, 2.45) is 5.41 Å². The minimum atomic E-state index is -3.51. The van der Waals surface area contributed by atoms with Crippen molar-refractivity contribution in [1.82, 2.24) is 4.31 Å². The van der Waals surface area contributed by atoms with Gasteiger partial charge in [0.1, 0.15) is 12.4 Å². The summed E-state index contributed by atoms with van der Waals surface area (Å²) in [5.41, 5.74) is 3.47. The number of hydrogen-bond acceptors (Lipinski definition) is 5. The second-order valence-corrected chi connectivity index (χ2v) is 11.9. The lowest BCUT2D eigenvalue weighted by Gasteiger charge is -2.31. The van der Waals surface area contributed by atoms with Gasteiger partial charge in [-0.2, -0.15) is 4.31 Å². The molecule has 0 aromatic heterocycles.